The minimum Gasteiger partial charge on any atom is -0.459 e. The van der Waals surface area contributed by atoms with Crippen molar-refractivity contribution in [2.45, 2.75) is 13.5 Å². The van der Waals surface area contributed by atoms with Gasteiger partial charge >= 0.3 is 16.2 Å². The molecule has 0 saturated carbocycles. The molecule has 0 N–H and O–H groups in total. The molecular formula is C9H12N4O4S. The van der Waals surface area contributed by atoms with Crippen molar-refractivity contribution in [3.63, 3.8) is 0 Å². The zero-order chi connectivity index (χ0) is 13.9. The van der Waals surface area contributed by atoms with Gasteiger partial charge in [-0.25, -0.2) is 8.96 Å². The van der Waals surface area contributed by atoms with Gasteiger partial charge in [0.15, 0.2) is 0 Å². The maximum atomic E-state index is 11.9. The quantitative estimate of drug-likeness (QED) is 0.682. The number of ether oxygens (including phenoxy) is 1. The molecular weight excluding hydrogens is 260 g/mol. The van der Waals surface area contributed by atoms with E-state index in [1.165, 1.54) is 21.0 Å². The van der Waals surface area contributed by atoms with Crippen molar-refractivity contribution in [2.75, 3.05) is 14.1 Å². The monoisotopic (exact) mass is 272 g/mol. The summed E-state index contributed by atoms with van der Waals surface area (Å²) in [6, 6.07) is 1.67. The number of carbonyl (C=O) groups is 1. The number of esters is 1. The van der Waals surface area contributed by atoms with Crippen molar-refractivity contribution in [3.8, 4) is 6.07 Å². The van der Waals surface area contributed by atoms with E-state index in [0.29, 0.717) is 0 Å². The number of rotatable bonds is 4. The standard InChI is InChI=1S/C9H12N4O4S/c1-7(14)17-6-8-5-13(9(4-10)11-8)18(15,16)12(2)3/h5H,6H2,1-3H3. The van der Waals surface area contributed by atoms with Gasteiger partial charge in [0.2, 0.25) is 5.82 Å². The van der Waals surface area contributed by atoms with Crippen LogP contribution in [-0.4, -0.2) is 41.7 Å². The van der Waals surface area contributed by atoms with Gasteiger partial charge in [0, 0.05) is 27.2 Å². The number of aromatic nitrogens is 2. The molecule has 0 aromatic carbocycles. The molecule has 1 rings (SSSR count). The van der Waals surface area contributed by atoms with E-state index < -0.39 is 16.2 Å². The van der Waals surface area contributed by atoms with Crippen molar-refractivity contribution in [2.24, 2.45) is 0 Å². The Bertz CT molecular complexity index is 597. The van der Waals surface area contributed by atoms with Crippen LogP contribution in [0.3, 0.4) is 0 Å². The number of nitrogens with zero attached hydrogens (tertiary/aromatic N) is 4. The number of imidazole rings is 1. The van der Waals surface area contributed by atoms with Crippen LogP contribution in [-0.2, 0) is 26.3 Å². The highest BCUT2D eigenvalue weighted by Crippen LogP contribution is 2.09. The Morgan fingerprint density at radius 2 is 2.22 bits per heavy atom. The number of carbonyl (C=O) groups excluding carboxylic acids is 1. The van der Waals surface area contributed by atoms with E-state index in [9.17, 15) is 13.2 Å². The van der Waals surface area contributed by atoms with Crippen molar-refractivity contribution < 1.29 is 17.9 Å². The van der Waals surface area contributed by atoms with E-state index >= 15 is 0 Å². The molecule has 0 fully saturated rings. The second kappa shape index (κ2) is 5.16. The van der Waals surface area contributed by atoms with Crippen LogP contribution >= 0.6 is 0 Å². The average Bonchev–Trinajstić information content (AvgIpc) is 2.69. The fourth-order valence-corrected chi connectivity index (χ4v) is 1.99. The number of hydrogen-bond donors (Lipinski definition) is 0. The fourth-order valence-electron chi connectivity index (χ4n) is 1.08. The first-order valence-electron chi connectivity index (χ1n) is 4.83. The van der Waals surface area contributed by atoms with E-state index in [1.807, 2.05) is 0 Å². The summed E-state index contributed by atoms with van der Waals surface area (Å²) in [4.78, 5) is 14.4. The topological polar surface area (TPSA) is 105 Å². The molecule has 0 aliphatic carbocycles. The summed E-state index contributed by atoms with van der Waals surface area (Å²) in [5.74, 6) is -0.802. The van der Waals surface area contributed by atoms with Crippen LogP contribution < -0.4 is 0 Å². The summed E-state index contributed by atoms with van der Waals surface area (Å²) in [6.45, 7) is 1.04. The molecule has 0 bridgehead atoms. The van der Waals surface area contributed by atoms with Crippen molar-refractivity contribution in [1.82, 2.24) is 13.3 Å². The lowest BCUT2D eigenvalue weighted by atomic mass is 10.5. The fraction of sp³-hybridized carbons (Fsp3) is 0.444. The molecule has 0 unspecified atom stereocenters. The first-order valence-corrected chi connectivity index (χ1v) is 6.23. The Balaban J connectivity index is 3.15. The molecule has 1 aromatic heterocycles. The van der Waals surface area contributed by atoms with Crippen molar-refractivity contribution >= 4 is 16.2 Å². The Hall–Kier alpha value is -1.92. The van der Waals surface area contributed by atoms with Crippen LogP contribution in [0.15, 0.2) is 6.20 Å². The van der Waals surface area contributed by atoms with Crippen LogP contribution in [0.25, 0.3) is 0 Å². The highest BCUT2D eigenvalue weighted by molar-refractivity contribution is 7.87. The minimum absolute atomic E-state index is 0.181. The van der Waals surface area contributed by atoms with Gasteiger partial charge in [0.1, 0.15) is 12.7 Å². The predicted octanol–water partition coefficient (Wildman–Crippen LogP) is -0.528. The Morgan fingerprint density at radius 1 is 1.61 bits per heavy atom. The molecule has 0 atom stereocenters. The molecule has 9 heteroatoms. The molecule has 0 amide bonds. The van der Waals surface area contributed by atoms with Crippen molar-refractivity contribution in [1.29, 1.82) is 5.26 Å². The minimum atomic E-state index is -3.81. The maximum absolute atomic E-state index is 11.9. The molecule has 8 nitrogen and oxygen atoms in total. The van der Waals surface area contributed by atoms with Crippen molar-refractivity contribution in [3.05, 3.63) is 17.7 Å². The van der Waals surface area contributed by atoms with E-state index in [2.05, 4.69) is 9.72 Å². The van der Waals surface area contributed by atoms with Crippen LogP contribution in [0.2, 0.25) is 0 Å². The van der Waals surface area contributed by atoms with E-state index in [0.717, 1.165) is 14.5 Å². The summed E-state index contributed by atoms with van der Waals surface area (Å²) >= 11 is 0. The molecule has 0 saturated heterocycles. The largest absolute Gasteiger partial charge is 0.459 e. The lowest BCUT2D eigenvalue weighted by molar-refractivity contribution is -0.142. The lowest BCUT2D eigenvalue weighted by Crippen LogP contribution is -2.29. The number of hydrogen-bond acceptors (Lipinski definition) is 6. The molecule has 1 aromatic rings. The van der Waals surface area contributed by atoms with Crippen LogP contribution in [0.5, 0.6) is 0 Å². The summed E-state index contributed by atoms with van der Waals surface area (Å²) in [5, 5.41) is 8.83. The molecule has 0 radical (unpaired) electrons. The molecule has 18 heavy (non-hydrogen) atoms. The molecule has 0 aliphatic heterocycles. The third-order valence-electron chi connectivity index (χ3n) is 1.96. The third kappa shape index (κ3) is 2.85. The zero-order valence-corrected chi connectivity index (χ0v) is 10.9. The maximum Gasteiger partial charge on any atom is 0.309 e. The van der Waals surface area contributed by atoms with E-state index in [1.54, 1.807) is 6.07 Å². The SMILES string of the molecule is CC(=O)OCc1cn(S(=O)(=O)N(C)C)c(C#N)n1. The van der Waals surface area contributed by atoms with Gasteiger partial charge in [0.25, 0.3) is 0 Å². The van der Waals surface area contributed by atoms with Crippen LogP contribution in [0.4, 0.5) is 0 Å². The summed E-state index contributed by atoms with van der Waals surface area (Å²) in [7, 11) is -1.14. The molecule has 1 heterocycles. The van der Waals surface area contributed by atoms with Gasteiger partial charge in [-0.2, -0.15) is 18.0 Å². The first-order chi connectivity index (χ1) is 8.28. The second-order valence-corrected chi connectivity index (χ2v) is 5.55. The number of nitriles is 1. The highest BCUT2D eigenvalue weighted by Gasteiger charge is 2.22. The third-order valence-corrected chi connectivity index (χ3v) is 3.66. The highest BCUT2D eigenvalue weighted by atomic mass is 32.2. The average molecular weight is 272 g/mol. The Kier molecular flexibility index (Phi) is 4.05. The second-order valence-electron chi connectivity index (χ2n) is 3.53. The van der Waals surface area contributed by atoms with Gasteiger partial charge in [0.05, 0.1) is 5.69 Å². The smallest absolute Gasteiger partial charge is 0.309 e. The van der Waals surface area contributed by atoms with E-state index in [4.69, 9.17) is 5.26 Å². The summed E-state index contributed by atoms with van der Waals surface area (Å²) < 4.78 is 30.1. The molecule has 0 aliphatic rings. The van der Waals surface area contributed by atoms with Crippen LogP contribution in [0, 0.1) is 11.3 Å². The Labute approximate surface area is 105 Å². The van der Waals surface area contributed by atoms with Gasteiger partial charge in [-0.05, 0) is 0 Å². The Morgan fingerprint density at radius 3 is 2.67 bits per heavy atom. The van der Waals surface area contributed by atoms with Gasteiger partial charge in [-0.15, -0.1) is 0 Å². The van der Waals surface area contributed by atoms with Gasteiger partial charge in [-0.1, -0.05) is 0 Å². The van der Waals surface area contributed by atoms with Gasteiger partial charge in [-0.3, -0.25) is 4.79 Å². The lowest BCUT2D eigenvalue weighted by Gasteiger charge is -2.11. The normalized spacial score (nSPS) is 11.3. The first kappa shape index (κ1) is 14.1. The van der Waals surface area contributed by atoms with E-state index in [-0.39, 0.29) is 18.1 Å². The predicted molar refractivity (Wildman–Crippen MR) is 60.4 cm³/mol. The van der Waals surface area contributed by atoms with Crippen LogP contribution in [0.1, 0.15) is 18.4 Å². The summed E-state index contributed by atoms with van der Waals surface area (Å²) in [5.41, 5.74) is 0.187. The zero-order valence-electron chi connectivity index (χ0n) is 10.1. The summed E-state index contributed by atoms with van der Waals surface area (Å²) in [6.07, 6.45) is 1.15. The molecule has 98 valence electrons. The molecule has 0 spiro atoms. The van der Waals surface area contributed by atoms with Gasteiger partial charge < -0.3 is 4.74 Å².